The second-order valence-corrected chi connectivity index (χ2v) is 5.56. The lowest BCUT2D eigenvalue weighted by Crippen LogP contribution is -1.91. The molecule has 0 atom stereocenters. The van der Waals surface area contributed by atoms with Gasteiger partial charge in [-0.15, -0.1) is 0 Å². The molecule has 2 aromatic carbocycles. The Morgan fingerprint density at radius 1 is 1.05 bits per heavy atom. The summed E-state index contributed by atoms with van der Waals surface area (Å²) in [7, 11) is 0. The zero-order chi connectivity index (χ0) is 15.0. The predicted octanol–water partition coefficient (Wildman–Crippen LogP) is 3.87. The van der Waals surface area contributed by atoms with Crippen LogP contribution >= 0.6 is 22.6 Å². The van der Waals surface area contributed by atoms with E-state index in [2.05, 4.69) is 32.7 Å². The lowest BCUT2D eigenvalue weighted by Gasteiger charge is -2.00. The minimum atomic E-state index is -0.704. The zero-order valence-electron chi connectivity index (χ0n) is 10.5. The lowest BCUT2D eigenvalue weighted by atomic mass is 10.2. The highest BCUT2D eigenvalue weighted by Gasteiger charge is 2.14. The Kier molecular flexibility index (Phi) is 3.58. The van der Waals surface area contributed by atoms with E-state index in [9.17, 15) is 8.78 Å². The number of halogens is 3. The van der Waals surface area contributed by atoms with Gasteiger partial charge >= 0.3 is 0 Å². The average molecular weight is 399 g/mol. The molecule has 0 unspecified atom stereocenters. The highest BCUT2D eigenvalue weighted by molar-refractivity contribution is 14.1. The topological polar surface area (TPSA) is 64.9 Å². The van der Waals surface area contributed by atoms with Crippen LogP contribution < -0.4 is 5.73 Å². The van der Waals surface area contributed by atoms with E-state index in [0.29, 0.717) is 11.3 Å². The Morgan fingerprint density at radius 2 is 1.76 bits per heavy atom. The molecule has 106 valence electrons. The van der Waals surface area contributed by atoms with Gasteiger partial charge in [0.1, 0.15) is 11.6 Å². The number of anilines is 1. The quantitative estimate of drug-likeness (QED) is 0.525. The molecule has 0 fully saturated rings. The van der Waals surface area contributed by atoms with Crippen LogP contribution in [-0.2, 0) is 0 Å². The summed E-state index contributed by atoms with van der Waals surface area (Å²) in [6.45, 7) is 0. The van der Waals surface area contributed by atoms with E-state index < -0.39 is 11.6 Å². The number of nitrogen functional groups attached to an aromatic ring is 1. The zero-order valence-corrected chi connectivity index (χ0v) is 12.6. The van der Waals surface area contributed by atoms with Crippen molar-refractivity contribution in [3.05, 3.63) is 51.6 Å². The maximum Gasteiger partial charge on any atom is 0.260 e. The molecule has 1 heterocycles. The minimum Gasteiger partial charge on any atom is -0.398 e. The highest BCUT2D eigenvalue weighted by Crippen LogP contribution is 2.28. The van der Waals surface area contributed by atoms with Crippen LogP contribution in [0.3, 0.4) is 0 Å². The summed E-state index contributed by atoms with van der Waals surface area (Å²) in [5.74, 6) is -1.11. The second-order valence-electron chi connectivity index (χ2n) is 4.31. The van der Waals surface area contributed by atoms with Crippen molar-refractivity contribution < 1.29 is 13.3 Å². The molecule has 3 aromatic rings. The van der Waals surface area contributed by atoms with E-state index in [1.54, 1.807) is 12.1 Å². The molecular formula is C14H8F2IN3O. The third-order valence-corrected chi connectivity index (χ3v) is 3.46. The average Bonchev–Trinajstić information content (AvgIpc) is 2.90. The van der Waals surface area contributed by atoms with Crippen LogP contribution in [0.25, 0.3) is 22.8 Å². The van der Waals surface area contributed by atoms with Gasteiger partial charge in [-0.3, -0.25) is 0 Å². The molecule has 7 heteroatoms. The summed E-state index contributed by atoms with van der Waals surface area (Å²) in [5.41, 5.74) is 7.13. The molecule has 0 saturated carbocycles. The first kappa shape index (κ1) is 13.9. The number of aromatic nitrogens is 2. The second kappa shape index (κ2) is 5.40. The van der Waals surface area contributed by atoms with Crippen molar-refractivity contribution in [2.24, 2.45) is 0 Å². The fourth-order valence-electron chi connectivity index (χ4n) is 1.85. The molecule has 0 radical (unpaired) electrons. The van der Waals surface area contributed by atoms with Gasteiger partial charge < -0.3 is 10.3 Å². The molecule has 0 aliphatic heterocycles. The summed E-state index contributed by atoms with van der Waals surface area (Å²) in [4.78, 5) is 4.14. The van der Waals surface area contributed by atoms with Crippen LogP contribution in [0.4, 0.5) is 14.5 Å². The number of benzene rings is 2. The van der Waals surface area contributed by atoms with Crippen LogP contribution in [0.5, 0.6) is 0 Å². The molecule has 0 spiro atoms. The van der Waals surface area contributed by atoms with Crippen LogP contribution in [0.2, 0.25) is 0 Å². The van der Waals surface area contributed by atoms with Crippen molar-refractivity contribution in [1.29, 1.82) is 0 Å². The van der Waals surface area contributed by atoms with Crippen molar-refractivity contribution >= 4 is 28.3 Å². The van der Waals surface area contributed by atoms with E-state index in [0.717, 1.165) is 21.8 Å². The number of hydrogen-bond acceptors (Lipinski definition) is 4. The fraction of sp³-hybridized carbons (Fsp3) is 0. The van der Waals surface area contributed by atoms with E-state index >= 15 is 0 Å². The maximum absolute atomic E-state index is 13.2. The third-order valence-electron chi connectivity index (χ3n) is 2.79. The van der Waals surface area contributed by atoms with Crippen LogP contribution in [0, 0.1) is 15.2 Å². The molecule has 1 aromatic heterocycles. The molecule has 3 rings (SSSR count). The Morgan fingerprint density at radius 3 is 2.48 bits per heavy atom. The smallest absolute Gasteiger partial charge is 0.260 e. The standard InChI is InChI=1S/C14H8F2IN3O/c15-8-3-7(4-9(16)5-8)13-19-14(21-20-13)11-6-10(17)1-2-12(11)18/h1-6H,18H2. The van der Waals surface area contributed by atoms with Crippen LogP contribution in [0.15, 0.2) is 40.9 Å². The highest BCUT2D eigenvalue weighted by atomic mass is 127. The van der Waals surface area contributed by atoms with Gasteiger partial charge in [0.25, 0.3) is 5.89 Å². The molecule has 21 heavy (non-hydrogen) atoms. The molecule has 0 aliphatic rings. The molecule has 0 amide bonds. The summed E-state index contributed by atoms with van der Waals surface area (Å²) in [6.07, 6.45) is 0. The summed E-state index contributed by atoms with van der Waals surface area (Å²) >= 11 is 2.13. The number of rotatable bonds is 2. The molecule has 0 bridgehead atoms. The third kappa shape index (κ3) is 2.87. The van der Waals surface area contributed by atoms with Gasteiger partial charge in [-0.05, 0) is 52.9 Å². The Bertz CT molecular complexity index is 799. The van der Waals surface area contributed by atoms with Gasteiger partial charge in [-0.1, -0.05) is 5.16 Å². The van der Waals surface area contributed by atoms with E-state index in [1.807, 2.05) is 6.07 Å². The normalized spacial score (nSPS) is 10.8. The van der Waals surface area contributed by atoms with Crippen LogP contribution in [-0.4, -0.2) is 10.1 Å². The summed E-state index contributed by atoms with van der Waals surface area (Å²) in [5, 5.41) is 3.74. The van der Waals surface area contributed by atoms with Crippen molar-refractivity contribution in [3.63, 3.8) is 0 Å². The summed E-state index contributed by atoms with van der Waals surface area (Å²) < 4.78 is 32.5. The summed E-state index contributed by atoms with van der Waals surface area (Å²) in [6, 6.07) is 8.41. The fourth-order valence-corrected chi connectivity index (χ4v) is 2.34. The molecular weight excluding hydrogens is 391 g/mol. The molecule has 0 aliphatic carbocycles. The predicted molar refractivity (Wildman–Crippen MR) is 82.2 cm³/mol. The Hall–Kier alpha value is -2.03. The van der Waals surface area contributed by atoms with Crippen LogP contribution in [0.1, 0.15) is 0 Å². The SMILES string of the molecule is Nc1ccc(I)cc1-c1nc(-c2cc(F)cc(F)c2)no1. The first-order chi connectivity index (χ1) is 10.0. The molecule has 2 N–H and O–H groups in total. The largest absolute Gasteiger partial charge is 0.398 e. The van der Waals surface area contributed by atoms with Gasteiger partial charge in [-0.25, -0.2) is 8.78 Å². The first-order valence-corrected chi connectivity index (χ1v) is 6.96. The number of nitrogens with zero attached hydrogens (tertiary/aromatic N) is 2. The Labute approximate surface area is 132 Å². The van der Waals surface area contributed by atoms with Gasteiger partial charge in [0.15, 0.2) is 0 Å². The molecule has 0 saturated heterocycles. The maximum atomic E-state index is 13.2. The van der Waals surface area contributed by atoms with Crippen molar-refractivity contribution in [1.82, 2.24) is 10.1 Å². The van der Waals surface area contributed by atoms with Gasteiger partial charge in [0.2, 0.25) is 5.82 Å². The van der Waals surface area contributed by atoms with Crippen molar-refractivity contribution in [2.75, 3.05) is 5.73 Å². The van der Waals surface area contributed by atoms with E-state index in [1.165, 1.54) is 0 Å². The van der Waals surface area contributed by atoms with Gasteiger partial charge in [0.05, 0.1) is 5.56 Å². The van der Waals surface area contributed by atoms with Gasteiger partial charge in [-0.2, -0.15) is 4.98 Å². The Balaban J connectivity index is 2.05. The van der Waals surface area contributed by atoms with E-state index in [4.69, 9.17) is 10.3 Å². The van der Waals surface area contributed by atoms with Gasteiger partial charge in [0, 0.05) is 20.9 Å². The number of hydrogen-bond donors (Lipinski definition) is 1. The monoisotopic (exact) mass is 399 g/mol. The van der Waals surface area contributed by atoms with E-state index in [-0.39, 0.29) is 17.3 Å². The lowest BCUT2D eigenvalue weighted by molar-refractivity contribution is 0.432. The molecule has 4 nitrogen and oxygen atoms in total. The number of nitrogens with two attached hydrogens (primary N) is 1. The van der Waals surface area contributed by atoms with Crippen molar-refractivity contribution in [2.45, 2.75) is 0 Å². The van der Waals surface area contributed by atoms with Crippen molar-refractivity contribution in [3.8, 4) is 22.8 Å². The minimum absolute atomic E-state index is 0.0988. The first-order valence-electron chi connectivity index (χ1n) is 5.88.